The van der Waals surface area contributed by atoms with E-state index in [1.807, 2.05) is 0 Å². The third kappa shape index (κ3) is 6.75. The summed E-state index contributed by atoms with van der Waals surface area (Å²) in [7, 11) is 0. The molecular weight excluding hydrogens is 481 g/mol. The van der Waals surface area contributed by atoms with Crippen LogP contribution in [0.5, 0.6) is 0 Å². The number of thioether (sulfide) groups is 1. The number of halogens is 4. The summed E-state index contributed by atoms with van der Waals surface area (Å²) in [6.07, 6.45) is -4.73. The Morgan fingerprint density at radius 1 is 1.21 bits per heavy atom. The lowest BCUT2D eigenvalue weighted by molar-refractivity contribution is -0.388. The average Bonchev–Trinajstić information content (AvgIpc) is 2.65. The zero-order valence-electron chi connectivity index (χ0n) is 14.4. The molecular formula is C17H12BrF3N2O5S. The smallest absolute Gasteiger partial charge is 0.416 e. The molecule has 2 rings (SSSR count). The van der Waals surface area contributed by atoms with Gasteiger partial charge < -0.3 is 10.1 Å². The predicted molar refractivity (Wildman–Crippen MR) is 103 cm³/mol. The summed E-state index contributed by atoms with van der Waals surface area (Å²) in [5, 5.41) is 13.5. The minimum Gasteiger partial charge on any atom is -0.455 e. The Morgan fingerprint density at radius 3 is 2.52 bits per heavy atom. The van der Waals surface area contributed by atoms with Gasteiger partial charge in [-0.05, 0) is 40.2 Å². The number of para-hydroxylation sites is 1. The molecule has 0 aliphatic rings. The van der Waals surface area contributed by atoms with Crippen LogP contribution in [0.25, 0.3) is 0 Å². The SMILES string of the molecule is O=C(COC(=O)CSc1ccc(C(F)(F)F)cc1[N+](=O)[O-])Nc1ccccc1Br. The lowest BCUT2D eigenvalue weighted by Crippen LogP contribution is -2.21. The molecule has 0 aliphatic carbocycles. The van der Waals surface area contributed by atoms with E-state index in [9.17, 15) is 32.9 Å². The second-order valence-electron chi connectivity index (χ2n) is 5.41. The van der Waals surface area contributed by atoms with Crippen molar-refractivity contribution >= 4 is 50.9 Å². The summed E-state index contributed by atoms with van der Waals surface area (Å²) in [6, 6.07) is 8.78. The average molecular weight is 493 g/mol. The number of amides is 1. The van der Waals surface area contributed by atoms with Crippen LogP contribution in [0.1, 0.15) is 5.56 Å². The van der Waals surface area contributed by atoms with Crippen LogP contribution < -0.4 is 5.32 Å². The normalized spacial score (nSPS) is 11.0. The number of nitro groups is 1. The van der Waals surface area contributed by atoms with Gasteiger partial charge >= 0.3 is 12.1 Å². The zero-order chi connectivity index (χ0) is 21.6. The van der Waals surface area contributed by atoms with Crippen LogP contribution in [-0.4, -0.2) is 29.2 Å². The Morgan fingerprint density at radius 2 is 1.90 bits per heavy atom. The standard InChI is InChI=1S/C17H12BrF3N2O5S/c18-11-3-1-2-4-12(11)22-15(24)8-28-16(25)9-29-14-6-5-10(17(19,20)21)7-13(14)23(26)27/h1-7H,8-9H2,(H,22,24). The van der Waals surface area contributed by atoms with E-state index >= 15 is 0 Å². The van der Waals surface area contributed by atoms with E-state index < -0.39 is 46.6 Å². The summed E-state index contributed by atoms with van der Waals surface area (Å²) in [5.74, 6) is -1.88. The van der Waals surface area contributed by atoms with Crippen LogP contribution >= 0.6 is 27.7 Å². The fourth-order valence-electron chi connectivity index (χ4n) is 2.03. The number of alkyl halides is 3. The van der Waals surface area contributed by atoms with E-state index in [0.29, 0.717) is 34.1 Å². The fourth-order valence-corrected chi connectivity index (χ4v) is 3.22. The molecule has 0 bridgehead atoms. The maximum Gasteiger partial charge on any atom is 0.416 e. The highest BCUT2D eigenvalue weighted by atomic mass is 79.9. The molecule has 7 nitrogen and oxygen atoms in total. The monoisotopic (exact) mass is 492 g/mol. The van der Waals surface area contributed by atoms with Gasteiger partial charge in [-0.1, -0.05) is 12.1 Å². The fraction of sp³-hybridized carbons (Fsp3) is 0.176. The lowest BCUT2D eigenvalue weighted by atomic mass is 10.2. The highest BCUT2D eigenvalue weighted by Crippen LogP contribution is 2.36. The Balaban J connectivity index is 1.91. The van der Waals surface area contributed by atoms with Crippen LogP contribution in [-0.2, 0) is 20.5 Å². The highest BCUT2D eigenvalue weighted by Gasteiger charge is 2.33. The van der Waals surface area contributed by atoms with Crippen molar-refractivity contribution in [2.75, 3.05) is 17.7 Å². The number of esters is 1. The number of nitrogens with one attached hydrogen (secondary N) is 1. The van der Waals surface area contributed by atoms with Crippen molar-refractivity contribution in [2.24, 2.45) is 0 Å². The van der Waals surface area contributed by atoms with Gasteiger partial charge in [0.05, 0.1) is 26.8 Å². The van der Waals surface area contributed by atoms with Crippen molar-refractivity contribution < 1.29 is 32.4 Å². The van der Waals surface area contributed by atoms with Gasteiger partial charge in [0.1, 0.15) is 0 Å². The quantitative estimate of drug-likeness (QED) is 0.261. The molecule has 2 aromatic carbocycles. The van der Waals surface area contributed by atoms with Gasteiger partial charge in [-0.2, -0.15) is 13.2 Å². The number of anilines is 1. The van der Waals surface area contributed by atoms with Crippen LogP contribution in [0.15, 0.2) is 51.8 Å². The van der Waals surface area contributed by atoms with Crippen LogP contribution in [0.2, 0.25) is 0 Å². The first-order valence-corrected chi connectivity index (χ1v) is 9.54. The number of hydrogen-bond donors (Lipinski definition) is 1. The van der Waals surface area contributed by atoms with Gasteiger partial charge in [-0.25, -0.2) is 0 Å². The molecule has 0 radical (unpaired) electrons. The van der Waals surface area contributed by atoms with Crippen molar-refractivity contribution in [3.8, 4) is 0 Å². The summed E-state index contributed by atoms with van der Waals surface area (Å²) in [4.78, 5) is 33.5. The molecule has 1 N–H and O–H groups in total. The molecule has 12 heteroatoms. The lowest BCUT2D eigenvalue weighted by Gasteiger charge is -2.09. The Labute approximate surface area is 174 Å². The number of benzene rings is 2. The van der Waals surface area contributed by atoms with E-state index in [2.05, 4.69) is 21.2 Å². The Bertz CT molecular complexity index is 940. The molecule has 0 spiro atoms. The van der Waals surface area contributed by atoms with Gasteiger partial charge in [-0.3, -0.25) is 19.7 Å². The predicted octanol–water partition coefficient (Wildman–Crippen LogP) is 4.65. The minimum atomic E-state index is -4.73. The molecule has 1 amide bonds. The molecule has 0 aliphatic heterocycles. The van der Waals surface area contributed by atoms with Crippen LogP contribution in [0.4, 0.5) is 24.5 Å². The maximum absolute atomic E-state index is 12.7. The first-order valence-electron chi connectivity index (χ1n) is 7.76. The molecule has 0 aromatic heterocycles. The second-order valence-corrected chi connectivity index (χ2v) is 7.29. The number of rotatable bonds is 7. The number of hydrogen-bond acceptors (Lipinski definition) is 6. The molecule has 0 saturated heterocycles. The first kappa shape index (κ1) is 22.7. The topological polar surface area (TPSA) is 98.5 Å². The van der Waals surface area contributed by atoms with Gasteiger partial charge in [0.25, 0.3) is 11.6 Å². The molecule has 0 fully saturated rings. The third-order valence-corrected chi connectivity index (χ3v) is 5.07. The summed E-state index contributed by atoms with van der Waals surface area (Å²) in [5.41, 5.74) is -1.47. The zero-order valence-corrected chi connectivity index (χ0v) is 16.8. The number of ether oxygens (including phenoxy) is 1. The van der Waals surface area contributed by atoms with E-state index in [-0.39, 0.29) is 4.90 Å². The molecule has 154 valence electrons. The van der Waals surface area contributed by atoms with E-state index in [1.165, 1.54) is 0 Å². The highest BCUT2D eigenvalue weighted by molar-refractivity contribution is 9.10. The number of carbonyl (C=O) groups is 2. The van der Waals surface area contributed by atoms with Gasteiger partial charge in [0.15, 0.2) is 6.61 Å². The van der Waals surface area contributed by atoms with Gasteiger partial charge in [0, 0.05) is 10.5 Å². The van der Waals surface area contributed by atoms with Crippen molar-refractivity contribution in [2.45, 2.75) is 11.1 Å². The molecule has 29 heavy (non-hydrogen) atoms. The number of nitro benzene ring substituents is 1. The van der Waals surface area contributed by atoms with Crippen molar-refractivity contribution in [3.05, 3.63) is 62.6 Å². The molecule has 0 unspecified atom stereocenters. The van der Waals surface area contributed by atoms with Gasteiger partial charge in [0.2, 0.25) is 0 Å². The van der Waals surface area contributed by atoms with Crippen LogP contribution in [0, 0.1) is 10.1 Å². The Hall–Kier alpha value is -2.60. The van der Waals surface area contributed by atoms with E-state index in [4.69, 9.17) is 4.74 Å². The molecule has 2 aromatic rings. The maximum atomic E-state index is 12.7. The summed E-state index contributed by atoms with van der Waals surface area (Å²) in [6.45, 7) is -0.587. The van der Waals surface area contributed by atoms with E-state index in [1.54, 1.807) is 24.3 Å². The third-order valence-electron chi connectivity index (χ3n) is 3.34. The second kappa shape index (κ2) is 9.74. The molecule has 0 heterocycles. The first-order chi connectivity index (χ1) is 13.6. The van der Waals surface area contributed by atoms with E-state index in [0.717, 1.165) is 6.07 Å². The van der Waals surface area contributed by atoms with Crippen LogP contribution in [0.3, 0.4) is 0 Å². The number of carbonyl (C=O) groups excluding carboxylic acids is 2. The largest absolute Gasteiger partial charge is 0.455 e. The van der Waals surface area contributed by atoms with Crippen molar-refractivity contribution in [3.63, 3.8) is 0 Å². The Kier molecular flexibility index (Phi) is 7.62. The molecule has 0 atom stereocenters. The minimum absolute atomic E-state index is 0.127. The summed E-state index contributed by atoms with van der Waals surface area (Å²) >= 11 is 3.88. The summed E-state index contributed by atoms with van der Waals surface area (Å²) < 4.78 is 43.5. The van der Waals surface area contributed by atoms with Crippen molar-refractivity contribution in [1.29, 1.82) is 0 Å². The molecule has 0 saturated carbocycles. The number of nitrogens with zero attached hydrogens (tertiary/aromatic N) is 1. The van der Waals surface area contributed by atoms with Gasteiger partial charge in [-0.15, -0.1) is 11.8 Å². The van der Waals surface area contributed by atoms with Crippen molar-refractivity contribution in [1.82, 2.24) is 0 Å².